The second-order valence-corrected chi connectivity index (χ2v) is 7.02. The number of hydrogen-bond donors (Lipinski definition) is 1. The lowest BCUT2D eigenvalue weighted by atomic mass is 9.66. The molecular formula is C20H23F2N. The van der Waals surface area contributed by atoms with Crippen molar-refractivity contribution in [1.29, 1.82) is 0 Å². The van der Waals surface area contributed by atoms with Gasteiger partial charge in [0.1, 0.15) is 11.6 Å². The van der Waals surface area contributed by atoms with E-state index in [0.717, 1.165) is 24.8 Å². The van der Waals surface area contributed by atoms with Gasteiger partial charge in [-0.05, 0) is 72.6 Å². The zero-order valence-electron chi connectivity index (χ0n) is 13.7. The summed E-state index contributed by atoms with van der Waals surface area (Å²) in [6.45, 7) is 4.31. The van der Waals surface area contributed by atoms with Crippen LogP contribution in [-0.4, -0.2) is 0 Å². The number of nitrogens with two attached hydrogens (primary N) is 1. The fourth-order valence-corrected chi connectivity index (χ4v) is 4.18. The first kappa shape index (κ1) is 16.0. The van der Waals surface area contributed by atoms with E-state index in [9.17, 15) is 8.78 Å². The monoisotopic (exact) mass is 315 g/mol. The summed E-state index contributed by atoms with van der Waals surface area (Å²) in [4.78, 5) is 0. The van der Waals surface area contributed by atoms with Crippen LogP contribution in [0.5, 0.6) is 0 Å². The molecular weight excluding hydrogens is 292 g/mol. The maximum absolute atomic E-state index is 14.5. The van der Waals surface area contributed by atoms with Crippen LogP contribution in [0.2, 0.25) is 0 Å². The van der Waals surface area contributed by atoms with E-state index in [0.29, 0.717) is 17.2 Å². The van der Waals surface area contributed by atoms with Crippen LogP contribution in [-0.2, 0) is 5.41 Å². The molecule has 0 saturated heterocycles. The molecule has 122 valence electrons. The van der Waals surface area contributed by atoms with Gasteiger partial charge in [0.15, 0.2) is 0 Å². The van der Waals surface area contributed by atoms with E-state index in [4.69, 9.17) is 5.73 Å². The summed E-state index contributed by atoms with van der Waals surface area (Å²) in [6.07, 6.45) is 2.79. The van der Waals surface area contributed by atoms with Crippen LogP contribution in [0.15, 0.2) is 42.5 Å². The van der Waals surface area contributed by atoms with Gasteiger partial charge >= 0.3 is 0 Å². The van der Waals surface area contributed by atoms with Gasteiger partial charge in [0.2, 0.25) is 0 Å². The van der Waals surface area contributed by atoms with Gasteiger partial charge in [-0.15, -0.1) is 0 Å². The first-order valence-electron chi connectivity index (χ1n) is 8.23. The van der Waals surface area contributed by atoms with Crippen molar-refractivity contribution in [1.82, 2.24) is 0 Å². The molecule has 3 rings (SSSR count). The maximum Gasteiger partial charge on any atom is 0.127 e. The molecule has 1 nitrogen and oxygen atoms in total. The van der Waals surface area contributed by atoms with Gasteiger partial charge in [0, 0.05) is 11.1 Å². The van der Waals surface area contributed by atoms with E-state index in [2.05, 4.69) is 13.8 Å². The summed E-state index contributed by atoms with van der Waals surface area (Å²) in [7, 11) is 0. The summed E-state index contributed by atoms with van der Waals surface area (Å²) in [5, 5.41) is 0. The quantitative estimate of drug-likeness (QED) is 0.753. The van der Waals surface area contributed by atoms with Gasteiger partial charge in [-0.3, -0.25) is 0 Å². The Hall–Kier alpha value is -1.90. The molecule has 3 heteroatoms. The second kappa shape index (κ2) is 5.95. The Bertz CT molecular complexity index is 695. The lowest BCUT2D eigenvalue weighted by Gasteiger charge is -2.37. The van der Waals surface area contributed by atoms with E-state index in [1.807, 2.05) is 24.3 Å². The summed E-state index contributed by atoms with van der Waals surface area (Å²) in [5.74, 6) is -0.0640. The fraction of sp³-hybridized carbons (Fsp3) is 0.400. The molecule has 0 radical (unpaired) electrons. The third-order valence-corrected chi connectivity index (χ3v) is 5.53. The Kier molecular flexibility index (Phi) is 4.13. The standard InChI is InChI=1S/C20H23F2N/c1-13-9-10-20(12-13,18-11-16(21)5-8-19(18)22)14(2)15-3-6-17(23)7-4-15/h3-8,11,13-14H,9-10,12,23H2,1-2H3. The molecule has 3 unspecified atom stereocenters. The van der Waals surface area contributed by atoms with E-state index in [1.54, 1.807) is 0 Å². The minimum atomic E-state index is -0.371. The van der Waals surface area contributed by atoms with E-state index < -0.39 is 0 Å². The first-order chi connectivity index (χ1) is 10.9. The van der Waals surface area contributed by atoms with Crippen molar-refractivity contribution in [2.75, 3.05) is 5.73 Å². The summed E-state index contributed by atoms with van der Waals surface area (Å²) in [6, 6.07) is 11.6. The van der Waals surface area contributed by atoms with Crippen molar-refractivity contribution in [3.8, 4) is 0 Å². The van der Waals surface area contributed by atoms with Gasteiger partial charge in [-0.25, -0.2) is 8.78 Å². The average molecular weight is 315 g/mol. The molecule has 2 N–H and O–H groups in total. The predicted octanol–water partition coefficient (Wildman–Crippen LogP) is 5.41. The second-order valence-electron chi connectivity index (χ2n) is 7.02. The molecule has 2 aromatic rings. The molecule has 0 spiro atoms. The number of hydrogen-bond acceptors (Lipinski definition) is 1. The van der Waals surface area contributed by atoms with Crippen molar-refractivity contribution >= 4 is 5.69 Å². The molecule has 0 aromatic heterocycles. The highest BCUT2D eigenvalue weighted by Crippen LogP contribution is 2.53. The van der Waals surface area contributed by atoms with Crippen LogP contribution in [0.25, 0.3) is 0 Å². The van der Waals surface area contributed by atoms with Crippen LogP contribution in [0.3, 0.4) is 0 Å². The van der Waals surface area contributed by atoms with Crippen LogP contribution < -0.4 is 5.73 Å². The van der Waals surface area contributed by atoms with Gasteiger partial charge in [-0.1, -0.05) is 26.0 Å². The Morgan fingerprint density at radius 3 is 2.43 bits per heavy atom. The van der Waals surface area contributed by atoms with Crippen LogP contribution in [0.1, 0.15) is 50.2 Å². The number of nitrogen functional groups attached to an aromatic ring is 1. The topological polar surface area (TPSA) is 26.0 Å². The zero-order chi connectivity index (χ0) is 16.6. The van der Waals surface area contributed by atoms with Gasteiger partial charge in [-0.2, -0.15) is 0 Å². The Balaban J connectivity index is 2.10. The maximum atomic E-state index is 14.5. The van der Waals surface area contributed by atoms with Crippen molar-refractivity contribution in [3.63, 3.8) is 0 Å². The molecule has 1 aliphatic rings. The fourth-order valence-electron chi connectivity index (χ4n) is 4.18. The zero-order valence-corrected chi connectivity index (χ0v) is 13.7. The van der Waals surface area contributed by atoms with Gasteiger partial charge in [0.05, 0.1) is 0 Å². The Morgan fingerprint density at radius 1 is 1.13 bits per heavy atom. The smallest absolute Gasteiger partial charge is 0.127 e. The summed E-state index contributed by atoms with van der Waals surface area (Å²) >= 11 is 0. The van der Waals surface area contributed by atoms with Crippen LogP contribution in [0.4, 0.5) is 14.5 Å². The van der Waals surface area contributed by atoms with E-state index in [-0.39, 0.29) is 23.0 Å². The van der Waals surface area contributed by atoms with Crippen LogP contribution in [0, 0.1) is 17.6 Å². The predicted molar refractivity (Wildman–Crippen MR) is 90.3 cm³/mol. The third-order valence-electron chi connectivity index (χ3n) is 5.53. The molecule has 23 heavy (non-hydrogen) atoms. The SMILES string of the molecule is CC1CCC(c2cc(F)ccc2F)(C(C)c2ccc(N)cc2)C1. The first-order valence-corrected chi connectivity index (χ1v) is 8.23. The molecule has 2 aromatic carbocycles. The summed E-state index contributed by atoms with van der Waals surface area (Å²) in [5.41, 5.74) is 7.78. The van der Waals surface area contributed by atoms with Gasteiger partial charge in [0.25, 0.3) is 0 Å². The lowest BCUT2D eigenvalue weighted by molar-refractivity contribution is 0.340. The van der Waals surface area contributed by atoms with E-state index in [1.165, 1.54) is 18.2 Å². The highest BCUT2D eigenvalue weighted by atomic mass is 19.1. The molecule has 0 aliphatic heterocycles. The Labute approximate surface area is 136 Å². The molecule has 0 heterocycles. The van der Waals surface area contributed by atoms with Gasteiger partial charge < -0.3 is 5.73 Å². The highest BCUT2D eigenvalue weighted by molar-refractivity contribution is 5.43. The molecule has 0 bridgehead atoms. The molecule has 0 amide bonds. The average Bonchev–Trinajstić information content (AvgIpc) is 2.93. The third kappa shape index (κ3) is 2.85. The lowest BCUT2D eigenvalue weighted by Crippen LogP contribution is -2.31. The number of benzene rings is 2. The molecule has 3 atom stereocenters. The van der Waals surface area contributed by atoms with Crippen molar-refractivity contribution in [2.24, 2.45) is 5.92 Å². The minimum absolute atomic E-state index is 0.101. The Morgan fingerprint density at radius 2 is 1.83 bits per heavy atom. The number of rotatable bonds is 3. The molecule has 1 fully saturated rings. The van der Waals surface area contributed by atoms with Crippen molar-refractivity contribution < 1.29 is 8.78 Å². The minimum Gasteiger partial charge on any atom is -0.399 e. The molecule has 1 saturated carbocycles. The van der Waals surface area contributed by atoms with Crippen molar-refractivity contribution in [2.45, 2.75) is 44.4 Å². The molecule has 1 aliphatic carbocycles. The van der Waals surface area contributed by atoms with Crippen LogP contribution >= 0.6 is 0 Å². The normalized spacial score (nSPS) is 25.5. The highest BCUT2D eigenvalue weighted by Gasteiger charge is 2.45. The number of anilines is 1. The number of halogens is 2. The van der Waals surface area contributed by atoms with E-state index >= 15 is 0 Å². The summed E-state index contributed by atoms with van der Waals surface area (Å²) < 4.78 is 28.4. The van der Waals surface area contributed by atoms with Crippen molar-refractivity contribution in [3.05, 3.63) is 65.2 Å². The largest absolute Gasteiger partial charge is 0.399 e.